The van der Waals surface area contributed by atoms with Crippen molar-refractivity contribution < 1.29 is 9.47 Å². The van der Waals surface area contributed by atoms with Crippen LogP contribution >= 0.6 is 15.9 Å². The predicted octanol–water partition coefficient (Wildman–Crippen LogP) is 1.20. The zero-order valence-electron chi connectivity index (χ0n) is 9.67. The summed E-state index contributed by atoms with van der Waals surface area (Å²) in [5.74, 6) is 5.68. The van der Waals surface area contributed by atoms with Gasteiger partial charge in [-0.1, -0.05) is 26.3 Å². The fraction of sp³-hybridized carbons (Fsp3) is 0.500. The molecule has 3 N–H and O–H groups in total. The fourth-order valence-electron chi connectivity index (χ4n) is 1.51. The van der Waals surface area contributed by atoms with Gasteiger partial charge in [0.25, 0.3) is 0 Å². The summed E-state index contributed by atoms with van der Waals surface area (Å²) in [6, 6.07) is 0.293. The average Bonchev–Trinajstić information content (AvgIpc) is 2.80. The van der Waals surface area contributed by atoms with Crippen LogP contribution < -0.4 is 11.2 Å². The molecule has 2 aliphatic heterocycles. The molecule has 7 nitrogen and oxygen atoms in total. The van der Waals surface area contributed by atoms with E-state index in [2.05, 4.69) is 36.6 Å². The molecule has 98 valence electrons. The number of hydrogen-bond acceptors (Lipinski definition) is 6. The summed E-state index contributed by atoms with van der Waals surface area (Å²) >= 11 is 3.39. The molecule has 1 atom stereocenters. The first kappa shape index (κ1) is 12.9. The molecule has 18 heavy (non-hydrogen) atoms. The molecule has 8 heteroatoms. The van der Waals surface area contributed by atoms with Crippen molar-refractivity contribution in [2.45, 2.75) is 12.5 Å². The standard InChI is InChI=1S/C10H14BrN5O2/c11-7-1-2-9(13-5-7)17-4-3-8-6-18-10(14-8)15-16-12/h1-2,8,13H,3-6H2,(H2,12,14,15)/t8-/m0/s1. The average molecular weight is 316 g/mol. The van der Waals surface area contributed by atoms with Gasteiger partial charge in [-0.15, -0.1) is 0 Å². The Morgan fingerprint density at radius 3 is 3.22 bits per heavy atom. The van der Waals surface area contributed by atoms with E-state index >= 15 is 0 Å². The van der Waals surface area contributed by atoms with Crippen LogP contribution in [0.3, 0.4) is 0 Å². The molecule has 0 unspecified atom stereocenters. The number of nitrogens with two attached hydrogens (primary N) is 1. The van der Waals surface area contributed by atoms with Crippen LogP contribution in [0.2, 0.25) is 0 Å². The van der Waals surface area contributed by atoms with E-state index in [1.807, 2.05) is 12.2 Å². The molecule has 0 aromatic carbocycles. The van der Waals surface area contributed by atoms with Gasteiger partial charge in [0.1, 0.15) is 6.61 Å². The Morgan fingerprint density at radius 2 is 2.50 bits per heavy atom. The zero-order chi connectivity index (χ0) is 12.8. The van der Waals surface area contributed by atoms with E-state index in [1.165, 1.54) is 0 Å². The lowest BCUT2D eigenvalue weighted by molar-refractivity contribution is 0.176. The first-order chi connectivity index (χ1) is 8.78. The normalized spacial score (nSPS) is 22.9. The van der Waals surface area contributed by atoms with Crippen molar-refractivity contribution in [1.29, 1.82) is 0 Å². The molecule has 0 aromatic heterocycles. The molecule has 0 saturated heterocycles. The Balaban J connectivity index is 1.70. The number of rotatable bonds is 4. The highest BCUT2D eigenvalue weighted by Crippen LogP contribution is 2.13. The van der Waals surface area contributed by atoms with E-state index in [-0.39, 0.29) is 12.1 Å². The Kier molecular flexibility index (Phi) is 4.57. The molecular weight excluding hydrogens is 302 g/mol. The van der Waals surface area contributed by atoms with E-state index in [0.717, 1.165) is 23.3 Å². The molecule has 2 rings (SSSR count). The lowest BCUT2D eigenvalue weighted by Crippen LogP contribution is -2.21. The lowest BCUT2D eigenvalue weighted by atomic mass is 10.2. The summed E-state index contributed by atoms with van der Waals surface area (Å²) in [5, 5.41) is 9.78. The molecule has 0 spiro atoms. The first-order valence-corrected chi connectivity index (χ1v) is 6.32. The van der Waals surface area contributed by atoms with Gasteiger partial charge in [-0.2, -0.15) is 0 Å². The van der Waals surface area contributed by atoms with Crippen LogP contribution in [0.15, 0.2) is 37.8 Å². The van der Waals surface area contributed by atoms with Gasteiger partial charge in [0.2, 0.25) is 0 Å². The number of amidine groups is 1. The monoisotopic (exact) mass is 315 g/mol. The second-order valence-corrected chi connectivity index (χ2v) is 4.75. The molecular formula is C10H14BrN5O2. The van der Waals surface area contributed by atoms with Gasteiger partial charge in [0, 0.05) is 17.4 Å². The minimum absolute atomic E-state index is 0.0527. The molecule has 2 heterocycles. The number of halogens is 1. The van der Waals surface area contributed by atoms with Crippen LogP contribution in [0.25, 0.3) is 0 Å². The number of dihydropyridines is 1. The molecule has 0 radical (unpaired) electrons. The predicted molar refractivity (Wildman–Crippen MR) is 69.9 cm³/mol. The quantitative estimate of drug-likeness (QED) is 0.463. The Hall–Kier alpha value is -1.57. The van der Waals surface area contributed by atoms with Crippen LogP contribution in [0, 0.1) is 0 Å². The summed E-state index contributed by atoms with van der Waals surface area (Å²) in [7, 11) is 0. The van der Waals surface area contributed by atoms with Crippen LogP contribution in [-0.4, -0.2) is 31.8 Å². The topological polar surface area (TPSA) is 93.6 Å². The maximum absolute atomic E-state index is 5.57. The van der Waals surface area contributed by atoms with Gasteiger partial charge >= 0.3 is 6.02 Å². The van der Waals surface area contributed by atoms with Crippen molar-refractivity contribution in [3.05, 3.63) is 22.5 Å². The van der Waals surface area contributed by atoms with E-state index in [4.69, 9.17) is 15.3 Å². The van der Waals surface area contributed by atoms with E-state index in [0.29, 0.717) is 13.2 Å². The first-order valence-electron chi connectivity index (χ1n) is 5.52. The summed E-state index contributed by atoms with van der Waals surface area (Å²) in [4.78, 5) is 4.19. The summed E-state index contributed by atoms with van der Waals surface area (Å²) in [6.07, 6.45) is 4.60. The van der Waals surface area contributed by atoms with Crippen molar-refractivity contribution in [1.82, 2.24) is 5.32 Å². The number of ether oxygens (including phenoxy) is 2. The van der Waals surface area contributed by atoms with Gasteiger partial charge in [-0.25, -0.2) is 4.99 Å². The van der Waals surface area contributed by atoms with Crippen molar-refractivity contribution in [2.24, 2.45) is 21.2 Å². The molecule has 0 aromatic rings. The number of nitrogens with zero attached hydrogens (tertiary/aromatic N) is 3. The van der Waals surface area contributed by atoms with Gasteiger partial charge in [0.15, 0.2) is 5.88 Å². The zero-order valence-corrected chi connectivity index (χ0v) is 11.3. The van der Waals surface area contributed by atoms with Gasteiger partial charge in [-0.3, -0.25) is 0 Å². The van der Waals surface area contributed by atoms with Crippen molar-refractivity contribution in [2.75, 3.05) is 19.8 Å². The largest absolute Gasteiger partial charge is 0.479 e. The maximum Gasteiger partial charge on any atom is 0.332 e. The van der Waals surface area contributed by atoms with Crippen molar-refractivity contribution in [3.63, 3.8) is 0 Å². The van der Waals surface area contributed by atoms with Gasteiger partial charge in [-0.05, 0) is 12.2 Å². The molecule has 0 fully saturated rings. The summed E-state index contributed by atoms with van der Waals surface area (Å²) in [6.45, 7) is 1.81. The van der Waals surface area contributed by atoms with Crippen LogP contribution in [0.1, 0.15) is 6.42 Å². The van der Waals surface area contributed by atoms with Gasteiger partial charge in [0.05, 0.1) is 12.6 Å². The smallest absolute Gasteiger partial charge is 0.332 e. The molecule has 0 bridgehead atoms. The number of allylic oxidation sites excluding steroid dienone is 2. The molecule has 0 saturated carbocycles. The number of hydrogen-bond donors (Lipinski definition) is 2. The number of nitrogens with one attached hydrogen (secondary N) is 1. The fourth-order valence-corrected chi connectivity index (χ4v) is 1.79. The Morgan fingerprint density at radius 1 is 1.61 bits per heavy atom. The van der Waals surface area contributed by atoms with Crippen LogP contribution in [0.5, 0.6) is 0 Å². The lowest BCUT2D eigenvalue weighted by Gasteiger charge is -2.15. The SMILES string of the molecule is NN=NC1=N[C@@H](CCOC2=CC=C(Br)CN2)CO1. The second kappa shape index (κ2) is 6.39. The van der Waals surface area contributed by atoms with Crippen molar-refractivity contribution >= 4 is 22.0 Å². The summed E-state index contributed by atoms with van der Waals surface area (Å²) in [5.41, 5.74) is 0. The minimum atomic E-state index is 0.0527. The second-order valence-electron chi connectivity index (χ2n) is 3.73. The molecule has 2 aliphatic rings. The van der Waals surface area contributed by atoms with Crippen LogP contribution in [0.4, 0.5) is 0 Å². The third kappa shape index (κ3) is 3.73. The number of aliphatic imine (C=N–C) groups is 1. The van der Waals surface area contributed by atoms with E-state index < -0.39 is 0 Å². The Bertz CT molecular complexity index is 418. The van der Waals surface area contributed by atoms with E-state index in [9.17, 15) is 0 Å². The molecule has 0 aliphatic carbocycles. The third-order valence-corrected chi connectivity index (χ3v) is 2.94. The van der Waals surface area contributed by atoms with E-state index in [1.54, 1.807) is 0 Å². The highest BCUT2D eigenvalue weighted by atomic mass is 79.9. The van der Waals surface area contributed by atoms with Gasteiger partial charge < -0.3 is 20.6 Å². The highest BCUT2D eigenvalue weighted by molar-refractivity contribution is 9.11. The third-order valence-electron chi connectivity index (χ3n) is 2.40. The minimum Gasteiger partial charge on any atom is -0.479 e. The van der Waals surface area contributed by atoms with Crippen molar-refractivity contribution in [3.8, 4) is 0 Å². The molecule has 0 amide bonds. The maximum atomic E-state index is 5.57. The summed E-state index contributed by atoms with van der Waals surface area (Å²) < 4.78 is 11.8. The Labute approximate surface area is 113 Å². The van der Waals surface area contributed by atoms with Crippen LogP contribution in [-0.2, 0) is 9.47 Å². The highest BCUT2D eigenvalue weighted by Gasteiger charge is 2.18.